The van der Waals surface area contributed by atoms with Gasteiger partial charge in [-0.3, -0.25) is 0 Å². The van der Waals surface area contributed by atoms with Crippen LogP contribution in [0.3, 0.4) is 0 Å². The van der Waals surface area contributed by atoms with Crippen molar-refractivity contribution in [3.63, 3.8) is 0 Å². The van der Waals surface area contributed by atoms with Crippen LogP contribution < -0.4 is 10.6 Å². The molecule has 0 saturated carbocycles. The van der Waals surface area contributed by atoms with Crippen LogP contribution >= 0.6 is 22.9 Å². The standard InChI is InChI=1S/C14H23N5S2/c1-5-19(8-6-7-18(3)4)14-12(13(15)17-21-14)11-9-20-10(2)16-11/h9H,5-8H2,1-4H3,(H2,15,17). The van der Waals surface area contributed by atoms with Crippen molar-refractivity contribution in [3.05, 3.63) is 10.4 Å². The summed E-state index contributed by atoms with van der Waals surface area (Å²) in [7, 11) is 4.20. The van der Waals surface area contributed by atoms with Gasteiger partial charge in [0.05, 0.1) is 16.3 Å². The molecular weight excluding hydrogens is 302 g/mol. The van der Waals surface area contributed by atoms with Crippen molar-refractivity contribution in [3.8, 4) is 11.3 Å². The van der Waals surface area contributed by atoms with Gasteiger partial charge in [-0.05, 0) is 52.4 Å². The van der Waals surface area contributed by atoms with Crippen LogP contribution in [0.5, 0.6) is 0 Å². The maximum absolute atomic E-state index is 6.08. The highest BCUT2D eigenvalue weighted by Gasteiger charge is 2.20. The number of rotatable bonds is 7. The van der Waals surface area contributed by atoms with Crippen molar-refractivity contribution >= 4 is 33.7 Å². The van der Waals surface area contributed by atoms with Gasteiger partial charge in [-0.2, -0.15) is 4.37 Å². The molecule has 116 valence electrons. The number of hydrogen-bond donors (Lipinski definition) is 1. The van der Waals surface area contributed by atoms with Crippen LogP contribution in [0.1, 0.15) is 18.4 Å². The van der Waals surface area contributed by atoms with Gasteiger partial charge in [0, 0.05) is 18.5 Å². The Bertz CT molecular complexity index is 576. The molecule has 7 heteroatoms. The third-order valence-electron chi connectivity index (χ3n) is 3.28. The number of nitrogens with zero attached hydrogens (tertiary/aromatic N) is 4. The van der Waals surface area contributed by atoms with Crippen LogP contribution in [0.2, 0.25) is 0 Å². The van der Waals surface area contributed by atoms with Crippen molar-refractivity contribution in [2.45, 2.75) is 20.3 Å². The summed E-state index contributed by atoms with van der Waals surface area (Å²) in [5, 5.41) is 4.25. The molecule has 0 fully saturated rings. The highest BCUT2D eigenvalue weighted by molar-refractivity contribution is 7.11. The normalized spacial score (nSPS) is 11.3. The molecule has 0 aliphatic carbocycles. The smallest absolute Gasteiger partial charge is 0.148 e. The van der Waals surface area contributed by atoms with Crippen molar-refractivity contribution in [1.82, 2.24) is 14.3 Å². The minimum Gasteiger partial charge on any atom is -0.382 e. The molecule has 0 amide bonds. The number of hydrogen-bond acceptors (Lipinski definition) is 7. The van der Waals surface area contributed by atoms with Gasteiger partial charge in [-0.1, -0.05) is 0 Å². The Morgan fingerprint density at radius 3 is 2.62 bits per heavy atom. The molecular formula is C14H23N5S2. The molecule has 0 aliphatic heterocycles. The van der Waals surface area contributed by atoms with Crippen molar-refractivity contribution in [1.29, 1.82) is 0 Å². The summed E-state index contributed by atoms with van der Waals surface area (Å²) in [6.45, 7) is 7.22. The van der Waals surface area contributed by atoms with Gasteiger partial charge in [0.25, 0.3) is 0 Å². The number of nitrogens with two attached hydrogens (primary N) is 1. The number of aromatic nitrogens is 2. The number of aryl methyl sites for hydroxylation is 1. The Morgan fingerprint density at radius 1 is 1.29 bits per heavy atom. The lowest BCUT2D eigenvalue weighted by atomic mass is 10.2. The molecule has 21 heavy (non-hydrogen) atoms. The molecule has 2 N–H and O–H groups in total. The number of thiazole rings is 1. The average Bonchev–Trinajstić information content (AvgIpc) is 3.00. The maximum Gasteiger partial charge on any atom is 0.148 e. The van der Waals surface area contributed by atoms with Gasteiger partial charge < -0.3 is 15.5 Å². The van der Waals surface area contributed by atoms with E-state index >= 15 is 0 Å². The van der Waals surface area contributed by atoms with E-state index in [-0.39, 0.29) is 0 Å². The quantitative estimate of drug-likeness (QED) is 0.848. The van der Waals surface area contributed by atoms with Crippen molar-refractivity contribution in [2.24, 2.45) is 0 Å². The summed E-state index contributed by atoms with van der Waals surface area (Å²) >= 11 is 3.12. The minimum absolute atomic E-state index is 0.589. The molecule has 0 unspecified atom stereocenters. The average molecular weight is 326 g/mol. The lowest BCUT2D eigenvalue weighted by molar-refractivity contribution is 0.401. The zero-order chi connectivity index (χ0) is 15.4. The van der Waals surface area contributed by atoms with E-state index < -0.39 is 0 Å². The fourth-order valence-corrected chi connectivity index (χ4v) is 3.73. The Hall–Kier alpha value is -1.18. The van der Waals surface area contributed by atoms with E-state index in [9.17, 15) is 0 Å². The molecule has 0 radical (unpaired) electrons. The molecule has 0 aliphatic rings. The predicted molar refractivity (Wildman–Crippen MR) is 93.4 cm³/mol. The maximum atomic E-state index is 6.08. The molecule has 2 heterocycles. The van der Waals surface area contributed by atoms with Crippen LogP contribution in [0.25, 0.3) is 11.3 Å². The van der Waals surface area contributed by atoms with E-state index in [1.54, 1.807) is 11.3 Å². The molecule has 0 atom stereocenters. The largest absolute Gasteiger partial charge is 0.382 e. The van der Waals surface area contributed by atoms with E-state index in [1.807, 2.05) is 6.92 Å². The third-order valence-corrected chi connectivity index (χ3v) is 4.97. The van der Waals surface area contributed by atoms with E-state index in [0.29, 0.717) is 5.82 Å². The second kappa shape index (κ2) is 7.20. The van der Waals surface area contributed by atoms with Gasteiger partial charge in [0.2, 0.25) is 0 Å². The summed E-state index contributed by atoms with van der Waals surface area (Å²) in [5.74, 6) is 0.589. The van der Waals surface area contributed by atoms with Crippen LogP contribution in [0.15, 0.2) is 5.38 Å². The topological polar surface area (TPSA) is 58.3 Å². The first-order chi connectivity index (χ1) is 10.0. The molecule has 0 saturated heterocycles. The van der Waals surface area contributed by atoms with E-state index in [1.165, 1.54) is 11.5 Å². The zero-order valence-electron chi connectivity index (χ0n) is 13.1. The Morgan fingerprint density at radius 2 is 2.05 bits per heavy atom. The summed E-state index contributed by atoms with van der Waals surface area (Å²) in [6.07, 6.45) is 1.12. The zero-order valence-corrected chi connectivity index (χ0v) is 14.7. The van der Waals surface area contributed by atoms with Crippen molar-refractivity contribution in [2.75, 3.05) is 44.4 Å². The lowest BCUT2D eigenvalue weighted by Gasteiger charge is -2.23. The van der Waals surface area contributed by atoms with Crippen LogP contribution in [-0.4, -0.2) is 48.0 Å². The lowest BCUT2D eigenvalue weighted by Crippen LogP contribution is -2.26. The van der Waals surface area contributed by atoms with Gasteiger partial charge in [0.15, 0.2) is 0 Å². The predicted octanol–water partition coefficient (Wildman–Crippen LogP) is 2.94. The number of anilines is 2. The van der Waals surface area contributed by atoms with Gasteiger partial charge in [-0.25, -0.2) is 4.98 Å². The SMILES string of the molecule is CCN(CCCN(C)C)c1snc(N)c1-c1csc(C)n1. The van der Waals surface area contributed by atoms with Crippen LogP contribution in [0.4, 0.5) is 10.8 Å². The van der Waals surface area contributed by atoms with Gasteiger partial charge >= 0.3 is 0 Å². The van der Waals surface area contributed by atoms with Crippen LogP contribution in [0, 0.1) is 6.92 Å². The van der Waals surface area contributed by atoms with Gasteiger partial charge in [0.1, 0.15) is 10.8 Å². The second-order valence-corrected chi connectivity index (χ2v) is 7.05. The fraction of sp³-hybridized carbons (Fsp3) is 0.571. The van der Waals surface area contributed by atoms with Crippen LogP contribution in [-0.2, 0) is 0 Å². The molecule has 0 bridgehead atoms. The number of nitrogen functional groups attached to an aromatic ring is 1. The van der Waals surface area contributed by atoms with Gasteiger partial charge in [-0.15, -0.1) is 11.3 Å². The molecule has 2 rings (SSSR count). The Labute approximate surface area is 134 Å². The Balaban J connectivity index is 2.22. The van der Waals surface area contributed by atoms with E-state index in [0.717, 1.165) is 47.3 Å². The first-order valence-electron chi connectivity index (χ1n) is 7.10. The Kier molecular flexibility index (Phi) is 5.55. The molecule has 2 aromatic rings. The summed E-state index contributed by atoms with van der Waals surface area (Å²) in [4.78, 5) is 9.13. The molecule has 5 nitrogen and oxygen atoms in total. The highest BCUT2D eigenvalue weighted by Crippen LogP contribution is 2.39. The minimum atomic E-state index is 0.589. The van der Waals surface area contributed by atoms with Crippen molar-refractivity contribution < 1.29 is 0 Å². The summed E-state index contributed by atoms with van der Waals surface area (Å²) in [6, 6.07) is 0. The van der Waals surface area contributed by atoms with E-state index in [4.69, 9.17) is 5.73 Å². The fourth-order valence-electron chi connectivity index (χ4n) is 2.21. The first-order valence-corrected chi connectivity index (χ1v) is 8.75. The first kappa shape index (κ1) is 16.2. The van der Waals surface area contributed by atoms with E-state index in [2.05, 4.69) is 45.6 Å². The third kappa shape index (κ3) is 3.93. The summed E-state index contributed by atoms with van der Waals surface area (Å²) in [5.41, 5.74) is 8.03. The monoisotopic (exact) mass is 325 g/mol. The highest BCUT2D eigenvalue weighted by atomic mass is 32.1. The second-order valence-electron chi connectivity index (χ2n) is 5.24. The summed E-state index contributed by atoms with van der Waals surface area (Å²) < 4.78 is 4.35. The molecule has 0 aromatic carbocycles. The molecule has 0 spiro atoms. The molecule has 2 aromatic heterocycles.